The Labute approximate surface area is 145 Å². The second kappa shape index (κ2) is 8.36. The molecule has 126 valence electrons. The lowest BCUT2D eigenvalue weighted by atomic mass is 9.95. The van der Waals surface area contributed by atoms with Crippen LogP contribution in [0.5, 0.6) is 5.75 Å². The molecule has 0 aromatic heterocycles. The first-order chi connectivity index (χ1) is 11.5. The Hall–Kier alpha value is -2.53. The Morgan fingerprint density at radius 2 is 1.83 bits per heavy atom. The minimum Gasteiger partial charge on any atom is -0.495 e. The molecule has 0 aliphatic carbocycles. The molecule has 0 spiro atoms. The van der Waals surface area contributed by atoms with Crippen molar-refractivity contribution in [2.24, 2.45) is 5.92 Å². The first-order valence-corrected chi connectivity index (χ1v) is 7.77. The molecule has 0 heterocycles. The highest BCUT2D eigenvalue weighted by Gasteiger charge is 2.23. The van der Waals surface area contributed by atoms with E-state index in [0.717, 1.165) is 5.56 Å². The molecule has 0 bridgehead atoms. The number of carboxylic acid groups (broad SMARTS) is 1. The van der Waals surface area contributed by atoms with Gasteiger partial charge in [-0.15, -0.1) is 0 Å². The van der Waals surface area contributed by atoms with Crippen molar-refractivity contribution in [3.8, 4) is 5.75 Å². The normalized spacial score (nSPS) is 11.6. The van der Waals surface area contributed by atoms with Gasteiger partial charge in [-0.05, 0) is 36.2 Å². The number of methoxy groups -OCH3 is 1. The fraction of sp³-hybridized carbons (Fsp3) is 0.222. The predicted molar refractivity (Wildman–Crippen MR) is 92.5 cm³/mol. The number of carbonyl (C=O) groups excluding carboxylic acids is 1. The van der Waals surface area contributed by atoms with Gasteiger partial charge in [0.1, 0.15) is 5.75 Å². The first-order valence-electron chi connectivity index (χ1n) is 7.39. The van der Waals surface area contributed by atoms with Crippen LogP contribution in [0.3, 0.4) is 0 Å². The molecule has 2 N–H and O–H groups in total. The van der Waals surface area contributed by atoms with Crippen LogP contribution in [0.25, 0.3) is 0 Å². The average molecular weight is 348 g/mol. The monoisotopic (exact) mass is 347 g/mol. The van der Waals surface area contributed by atoms with E-state index in [9.17, 15) is 9.59 Å². The molecule has 24 heavy (non-hydrogen) atoms. The zero-order valence-electron chi connectivity index (χ0n) is 13.2. The maximum Gasteiger partial charge on any atom is 0.304 e. The van der Waals surface area contributed by atoms with E-state index in [2.05, 4.69) is 5.32 Å². The van der Waals surface area contributed by atoms with Gasteiger partial charge in [-0.2, -0.15) is 0 Å². The number of anilines is 1. The van der Waals surface area contributed by atoms with Gasteiger partial charge in [-0.25, -0.2) is 0 Å². The SMILES string of the molecule is COc1ccccc1NC(=O)[C@@H](CC(=O)O)Cc1ccc(Cl)cc1. The molecule has 2 aromatic rings. The summed E-state index contributed by atoms with van der Waals surface area (Å²) in [4.78, 5) is 23.6. The van der Waals surface area contributed by atoms with Crippen LogP contribution in [0.1, 0.15) is 12.0 Å². The third kappa shape index (κ3) is 4.99. The smallest absolute Gasteiger partial charge is 0.304 e. The van der Waals surface area contributed by atoms with E-state index < -0.39 is 11.9 Å². The summed E-state index contributed by atoms with van der Waals surface area (Å²) in [6, 6.07) is 14.0. The molecule has 1 atom stereocenters. The van der Waals surface area contributed by atoms with Crippen LogP contribution >= 0.6 is 11.6 Å². The van der Waals surface area contributed by atoms with E-state index in [1.807, 2.05) is 0 Å². The van der Waals surface area contributed by atoms with Gasteiger partial charge in [0.15, 0.2) is 0 Å². The van der Waals surface area contributed by atoms with Gasteiger partial charge >= 0.3 is 5.97 Å². The van der Waals surface area contributed by atoms with E-state index >= 15 is 0 Å². The largest absolute Gasteiger partial charge is 0.495 e. The molecule has 0 saturated carbocycles. The fourth-order valence-electron chi connectivity index (χ4n) is 2.36. The van der Waals surface area contributed by atoms with Crippen molar-refractivity contribution in [3.05, 3.63) is 59.1 Å². The highest BCUT2D eigenvalue weighted by molar-refractivity contribution is 6.30. The standard InChI is InChI=1S/C18H18ClNO4/c1-24-16-5-3-2-4-15(16)20-18(23)13(11-17(21)22)10-12-6-8-14(19)9-7-12/h2-9,13H,10-11H2,1H3,(H,20,23)(H,21,22)/t13-/m1/s1. The van der Waals surface area contributed by atoms with Gasteiger partial charge in [-0.1, -0.05) is 35.9 Å². The number of aliphatic carboxylic acids is 1. The number of hydrogen-bond acceptors (Lipinski definition) is 3. The molecule has 0 fully saturated rings. The molecule has 0 radical (unpaired) electrons. The second-order valence-electron chi connectivity index (χ2n) is 5.31. The van der Waals surface area contributed by atoms with Gasteiger partial charge in [0.2, 0.25) is 5.91 Å². The van der Waals surface area contributed by atoms with Gasteiger partial charge < -0.3 is 15.2 Å². The number of para-hydroxylation sites is 2. The lowest BCUT2D eigenvalue weighted by Crippen LogP contribution is -2.27. The summed E-state index contributed by atoms with van der Waals surface area (Å²) >= 11 is 5.85. The quantitative estimate of drug-likeness (QED) is 0.802. The van der Waals surface area contributed by atoms with Crippen molar-refractivity contribution in [1.29, 1.82) is 0 Å². The summed E-state index contributed by atoms with van der Waals surface area (Å²) in [6.45, 7) is 0. The predicted octanol–water partition coefficient (Wildman–Crippen LogP) is 3.62. The summed E-state index contributed by atoms with van der Waals surface area (Å²) in [5.74, 6) is -1.57. The average Bonchev–Trinajstić information content (AvgIpc) is 2.56. The zero-order valence-corrected chi connectivity index (χ0v) is 13.9. The minimum absolute atomic E-state index is 0.260. The minimum atomic E-state index is -1.02. The number of benzene rings is 2. The Kier molecular flexibility index (Phi) is 6.21. The molecule has 0 aliphatic heterocycles. The molecule has 5 nitrogen and oxygen atoms in total. The van der Waals surface area contributed by atoms with Crippen molar-refractivity contribution in [2.45, 2.75) is 12.8 Å². The van der Waals surface area contributed by atoms with Crippen LogP contribution in [-0.2, 0) is 16.0 Å². The number of carboxylic acids is 1. The van der Waals surface area contributed by atoms with Crippen molar-refractivity contribution >= 4 is 29.2 Å². The van der Waals surface area contributed by atoms with E-state index in [1.54, 1.807) is 48.5 Å². The summed E-state index contributed by atoms with van der Waals surface area (Å²) in [5, 5.41) is 12.4. The van der Waals surface area contributed by atoms with Crippen LogP contribution in [0.15, 0.2) is 48.5 Å². The number of rotatable bonds is 7. The van der Waals surface area contributed by atoms with E-state index in [-0.39, 0.29) is 12.3 Å². The third-order valence-electron chi connectivity index (χ3n) is 3.55. The lowest BCUT2D eigenvalue weighted by molar-refractivity contribution is -0.140. The van der Waals surface area contributed by atoms with Crippen LogP contribution < -0.4 is 10.1 Å². The highest BCUT2D eigenvalue weighted by Crippen LogP contribution is 2.25. The maximum absolute atomic E-state index is 12.5. The zero-order chi connectivity index (χ0) is 17.5. The highest BCUT2D eigenvalue weighted by atomic mass is 35.5. The second-order valence-corrected chi connectivity index (χ2v) is 5.75. The number of halogens is 1. The molecule has 0 aliphatic rings. The topological polar surface area (TPSA) is 75.6 Å². The molecule has 0 saturated heterocycles. The van der Waals surface area contributed by atoms with Crippen LogP contribution in [0.2, 0.25) is 5.02 Å². The van der Waals surface area contributed by atoms with Crippen LogP contribution in [0.4, 0.5) is 5.69 Å². The number of amides is 1. The Balaban J connectivity index is 2.15. The van der Waals surface area contributed by atoms with E-state index in [1.165, 1.54) is 7.11 Å². The summed E-state index contributed by atoms with van der Waals surface area (Å²) in [6.07, 6.45) is 0.0497. The first kappa shape index (κ1) is 17.8. The molecule has 6 heteroatoms. The molecule has 1 amide bonds. The van der Waals surface area contributed by atoms with Crippen molar-refractivity contribution in [2.75, 3.05) is 12.4 Å². The van der Waals surface area contributed by atoms with Crippen LogP contribution in [-0.4, -0.2) is 24.1 Å². The number of carbonyl (C=O) groups is 2. The van der Waals surface area contributed by atoms with E-state index in [4.69, 9.17) is 21.4 Å². The maximum atomic E-state index is 12.5. The Morgan fingerprint density at radius 3 is 2.46 bits per heavy atom. The summed E-state index contributed by atoms with van der Waals surface area (Å²) in [7, 11) is 1.51. The Bertz CT molecular complexity index is 715. The molecule has 2 rings (SSSR count). The molecular formula is C18H18ClNO4. The summed E-state index contributed by atoms with van der Waals surface area (Å²) in [5.41, 5.74) is 1.36. The van der Waals surface area contributed by atoms with Crippen molar-refractivity contribution < 1.29 is 19.4 Å². The number of ether oxygens (including phenoxy) is 1. The molecule has 2 aromatic carbocycles. The number of nitrogens with one attached hydrogen (secondary N) is 1. The van der Waals surface area contributed by atoms with Crippen molar-refractivity contribution in [1.82, 2.24) is 0 Å². The van der Waals surface area contributed by atoms with Gasteiger partial charge in [0.25, 0.3) is 0 Å². The van der Waals surface area contributed by atoms with E-state index in [0.29, 0.717) is 22.9 Å². The van der Waals surface area contributed by atoms with Crippen molar-refractivity contribution in [3.63, 3.8) is 0 Å². The molecular weight excluding hydrogens is 330 g/mol. The van der Waals surface area contributed by atoms with Crippen LogP contribution in [0, 0.1) is 5.92 Å². The van der Waals surface area contributed by atoms with Gasteiger partial charge in [0.05, 0.1) is 25.1 Å². The molecule has 0 unspecified atom stereocenters. The Morgan fingerprint density at radius 1 is 1.17 bits per heavy atom. The van der Waals surface area contributed by atoms with Gasteiger partial charge in [-0.3, -0.25) is 9.59 Å². The van der Waals surface area contributed by atoms with Gasteiger partial charge in [0, 0.05) is 5.02 Å². The number of hydrogen-bond donors (Lipinski definition) is 2. The fourth-order valence-corrected chi connectivity index (χ4v) is 2.48. The summed E-state index contributed by atoms with van der Waals surface area (Å²) < 4.78 is 5.19. The lowest BCUT2D eigenvalue weighted by Gasteiger charge is -2.16. The third-order valence-corrected chi connectivity index (χ3v) is 3.80.